The van der Waals surface area contributed by atoms with Crippen LogP contribution in [0.4, 0.5) is 13.6 Å². The van der Waals surface area contributed by atoms with Gasteiger partial charge in [0.05, 0.1) is 6.20 Å². The first-order chi connectivity index (χ1) is 10.2. The lowest BCUT2D eigenvalue weighted by molar-refractivity contribution is -0.120. The number of ketones is 1. The van der Waals surface area contributed by atoms with E-state index >= 15 is 0 Å². The third-order valence-electron chi connectivity index (χ3n) is 3.63. The van der Waals surface area contributed by atoms with Gasteiger partial charge in [0.1, 0.15) is 5.78 Å². The minimum Gasteiger partial charge on any atom is -0.300 e. The molecule has 0 aliphatic heterocycles. The fourth-order valence-corrected chi connectivity index (χ4v) is 3.06. The average Bonchev–Trinajstić information content (AvgIpc) is 2.97. The van der Waals surface area contributed by atoms with E-state index in [1.165, 1.54) is 10.7 Å². The summed E-state index contributed by atoms with van der Waals surface area (Å²) in [6.45, 7) is 0. The molecule has 1 aliphatic carbocycles. The van der Waals surface area contributed by atoms with Crippen LogP contribution in [0.2, 0.25) is 0 Å². The van der Waals surface area contributed by atoms with Crippen LogP contribution in [0, 0.1) is 0 Å². The first kappa shape index (κ1) is 14.6. The van der Waals surface area contributed by atoms with E-state index in [1.54, 1.807) is 12.1 Å². The lowest BCUT2D eigenvalue weighted by Crippen LogP contribution is -2.15. The second-order valence-electron chi connectivity index (χ2n) is 4.85. The number of halogens is 2. The molecule has 0 saturated heterocycles. The van der Waals surface area contributed by atoms with Crippen molar-refractivity contribution in [1.29, 1.82) is 0 Å². The first-order valence-electron chi connectivity index (χ1n) is 6.47. The third kappa shape index (κ3) is 2.84. The molecule has 3 rings (SSSR count). The van der Waals surface area contributed by atoms with Crippen molar-refractivity contribution in [1.82, 2.24) is 14.6 Å². The topological polar surface area (TPSA) is 50.5 Å². The lowest BCUT2D eigenvalue weighted by Gasteiger charge is -2.22. The molecule has 5 nitrogen and oxygen atoms in total. The highest BCUT2D eigenvalue weighted by Gasteiger charge is 2.24. The van der Waals surface area contributed by atoms with Crippen LogP contribution >= 0.6 is 24.7 Å². The molecule has 0 N–H and O–H groups in total. The molecule has 0 spiro atoms. The number of anilines is 1. The molecule has 2 heterocycles. The molecule has 0 radical (unpaired) electrons. The summed E-state index contributed by atoms with van der Waals surface area (Å²) in [5.41, 5.74) is 1.28. The molecule has 0 amide bonds. The van der Waals surface area contributed by atoms with Crippen LogP contribution in [-0.2, 0) is 4.79 Å². The number of carbonyl (C=O) groups is 1. The molecule has 0 atom stereocenters. The molecule has 2 aromatic heterocycles. The van der Waals surface area contributed by atoms with Crippen molar-refractivity contribution < 1.29 is 12.6 Å². The maximum absolute atomic E-state index is 12.9. The number of hydrogen-bond donors (Lipinski definition) is 0. The van der Waals surface area contributed by atoms with E-state index in [9.17, 15) is 12.6 Å². The maximum Gasteiger partial charge on any atom is 0.179 e. The molecule has 21 heavy (non-hydrogen) atoms. The number of hydrogen-bond acceptors (Lipinski definition) is 6. The molecule has 0 unspecified atom stereocenters. The predicted octanol–water partition coefficient (Wildman–Crippen LogP) is 3.83. The Labute approximate surface area is 129 Å². The summed E-state index contributed by atoms with van der Waals surface area (Å²) in [6, 6.07) is 3.32. The zero-order valence-corrected chi connectivity index (χ0v) is 12.5. The monoisotopic (exact) mass is 330 g/mol. The molecular formula is C12H12F2N4OS2. The zero-order valence-electron chi connectivity index (χ0n) is 10.9. The van der Waals surface area contributed by atoms with Crippen molar-refractivity contribution in [3.05, 3.63) is 24.0 Å². The number of carbonyl (C=O) groups excluding carboxylic acids is 1. The Morgan fingerprint density at radius 1 is 1.29 bits per heavy atom. The summed E-state index contributed by atoms with van der Waals surface area (Å²) in [4.78, 5) is 15.8. The fourth-order valence-electron chi connectivity index (χ4n) is 2.57. The van der Waals surface area contributed by atoms with Crippen molar-refractivity contribution in [2.45, 2.75) is 31.6 Å². The van der Waals surface area contributed by atoms with E-state index in [0.29, 0.717) is 18.5 Å². The predicted molar refractivity (Wildman–Crippen MR) is 79.1 cm³/mol. The molecule has 1 saturated carbocycles. The van der Waals surface area contributed by atoms with Crippen LogP contribution in [0.3, 0.4) is 0 Å². The number of fused-ring (bicyclic) bond motifs is 1. The summed E-state index contributed by atoms with van der Waals surface area (Å²) in [7, 11) is 0. The van der Waals surface area contributed by atoms with E-state index < -0.39 is 0 Å². The summed E-state index contributed by atoms with van der Waals surface area (Å²) >= 11 is -0.449. The molecule has 0 bridgehead atoms. The van der Waals surface area contributed by atoms with E-state index in [2.05, 4.69) is 10.1 Å². The van der Waals surface area contributed by atoms with Gasteiger partial charge >= 0.3 is 0 Å². The normalized spacial score (nSPS) is 16.6. The minimum absolute atomic E-state index is 0.137. The van der Waals surface area contributed by atoms with Gasteiger partial charge in [0.2, 0.25) is 0 Å². The third-order valence-corrected chi connectivity index (χ3v) is 4.60. The van der Waals surface area contributed by atoms with Crippen molar-refractivity contribution >= 4 is 41.9 Å². The zero-order chi connectivity index (χ0) is 14.8. The van der Waals surface area contributed by atoms with Crippen LogP contribution in [0.5, 0.6) is 0 Å². The Morgan fingerprint density at radius 2 is 2.00 bits per heavy atom. The SMILES string of the molecule is O=C1CCC(c2cc(N(SF)SF)n3nccc3n2)CC1. The summed E-state index contributed by atoms with van der Waals surface area (Å²) in [5, 5.41) is 4.03. The summed E-state index contributed by atoms with van der Waals surface area (Å²) in [6.07, 6.45) is 4.04. The van der Waals surface area contributed by atoms with Gasteiger partial charge in [0, 0.05) is 36.6 Å². The standard InChI is InChI=1S/C12H12F2N4OS2/c13-20-18(21-14)12-7-10(8-1-3-9(19)4-2-8)16-11-5-6-15-17(11)12/h5-8H,1-4H2. The van der Waals surface area contributed by atoms with E-state index in [-0.39, 0.29) is 42.2 Å². The number of Topliss-reactive ketones (excluding diaryl/α,β-unsaturated/α-hetero) is 1. The lowest BCUT2D eigenvalue weighted by atomic mass is 9.86. The van der Waals surface area contributed by atoms with Crippen molar-refractivity contribution in [2.24, 2.45) is 0 Å². The fraction of sp³-hybridized carbons (Fsp3) is 0.417. The van der Waals surface area contributed by atoms with Crippen LogP contribution in [0.25, 0.3) is 5.65 Å². The molecule has 9 heteroatoms. The van der Waals surface area contributed by atoms with Crippen LogP contribution < -0.4 is 3.71 Å². The van der Waals surface area contributed by atoms with Gasteiger partial charge in [-0.2, -0.15) is 13.3 Å². The minimum atomic E-state index is -0.224. The van der Waals surface area contributed by atoms with Crippen molar-refractivity contribution in [3.8, 4) is 0 Å². The highest BCUT2D eigenvalue weighted by Crippen LogP contribution is 2.36. The number of rotatable bonds is 4. The molecule has 1 aliphatic rings. The Kier molecular flexibility index (Phi) is 4.29. The molecule has 112 valence electrons. The number of nitrogens with zero attached hydrogens (tertiary/aromatic N) is 4. The van der Waals surface area contributed by atoms with Crippen LogP contribution in [0.1, 0.15) is 37.3 Å². The van der Waals surface area contributed by atoms with Crippen molar-refractivity contribution in [2.75, 3.05) is 3.71 Å². The Balaban J connectivity index is 2.01. The Bertz CT molecular complexity index is 652. The molecule has 1 fully saturated rings. The highest BCUT2D eigenvalue weighted by atomic mass is 32.3. The molecular weight excluding hydrogens is 318 g/mol. The van der Waals surface area contributed by atoms with Crippen molar-refractivity contribution in [3.63, 3.8) is 0 Å². The Morgan fingerprint density at radius 3 is 2.67 bits per heavy atom. The average molecular weight is 330 g/mol. The second-order valence-corrected chi connectivity index (χ2v) is 6.09. The Hall–Kier alpha value is -1.35. The largest absolute Gasteiger partial charge is 0.300 e. The quantitative estimate of drug-likeness (QED) is 0.794. The molecule has 0 aromatic carbocycles. The smallest absolute Gasteiger partial charge is 0.179 e. The van der Waals surface area contributed by atoms with Gasteiger partial charge in [-0.3, -0.25) is 4.79 Å². The van der Waals surface area contributed by atoms with E-state index in [0.717, 1.165) is 22.2 Å². The highest BCUT2D eigenvalue weighted by molar-refractivity contribution is 8.13. The maximum atomic E-state index is 12.9. The number of aromatic nitrogens is 3. The van der Waals surface area contributed by atoms with Gasteiger partial charge in [-0.25, -0.2) is 4.98 Å². The van der Waals surface area contributed by atoms with Gasteiger partial charge in [0.15, 0.2) is 36.1 Å². The van der Waals surface area contributed by atoms with E-state index in [4.69, 9.17) is 0 Å². The molecule has 2 aromatic rings. The summed E-state index contributed by atoms with van der Waals surface area (Å²) < 4.78 is 27.9. The van der Waals surface area contributed by atoms with Gasteiger partial charge in [-0.05, 0) is 12.8 Å². The van der Waals surface area contributed by atoms with Gasteiger partial charge < -0.3 is 0 Å². The van der Waals surface area contributed by atoms with Gasteiger partial charge in [-0.15, -0.1) is 7.77 Å². The first-order valence-corrected chi connectivity index (χ1v) is 7.81. The summed E-state index contributed by atoms with van der Waals surface area (Å²) in [5.74, 6) is 0.673. The van der Waals surface area contributed by atoms with Crippen LogP contribution in [-0.4, -0.2) is 20.4 Å². The van der Waals surface area contributed by atoms with Gasteiger partial charge in [-0.1, -0.05) is 0 Å². The van der Waals surface area contributed by atoms with Gasteiger partial charge in [0.25, 0.3) is 0 Å². The van der Waals surface area contributed by atoms with E-state index in [1.807, 2.05) is 0 Å². The van der Waals surface area contributed by atoms with Crippen LogP contribution in [0.15, 0.2) is 18.3 Å². The second kappa shape index (κ2) is 6.18.